The number of nitrogens with one attached hydrogen (secondary N) is 4. The third-order valence-corrected chi connectivity index (χ3v) is 6.21. The number of nitrogens with zero attached hydrogens (tertiary/aromatic N) is 5. The fourth-order valence-electron chi connectivity index (χ4n) is 4.43. The van der Waals surface area contributed by atoms with Crippen LogP contribution in [0.3, 0.4) is 0 Å². The Morgan fingerprint density at radius 1 is 1.25 bits per heavy atom. The molecule has 10 heteroatoms. The summed E-state index contributed by atoms with van der Waals surface area (Å²) in [6, 6.07) is 3.60. The van der Waals surface area contributed by atoms with Gasteiger partial charge in [0.1, 0.15) is 11.9 Å². The van der Waals surface area contributed by atoms with Gasteiger partial charge in [0.05, 0.1) is 17.9 Å². The largest absolute Gasteiger partial charge is 0.349 e. The lowest BCUT2D eigenvalue weighted by Gasteiger charge is -2.25. The van der Waals surface area contributed by atoms with Crippen LogP contribution in [0.15, 0.2) is 18.3 Å². The topological polar surface area (TPSA) is 128 Å². The molecule has 0 bridgehead atoms. The van der Waals surface area contributed by atoms with Gasteiger partial charge in [-0.25, -0.2) is 4.98 Å². The molecule has 1 saturated heterocycles. The average Bonchev–Trinajstić information content (AvgIpc) is 3.58. The molecular weight excluding hydrogens is 406 g/mol. The normalized spacial score (nSPS) is 17.7. The van der Waals surface area contributed by atoms with E-state index in [4.69, 9.17) is 9.97 Å². The summed E-state index contributed by atoms with van der Waals surface area (Å²) in [6.07, 6.45) is 6.35. The molecule has 4 heterocycles. The Morgan fingerprint density at radius 3 is 2.94 bits per heavy atom. The highest BCUT2D eigenvalue weighted by Gasteiger charge is 2.34. The maximum Gasteiger partial charge on any atom is 0.243 e. The number of aryl methyl sites for hydroxylation is 1. The van der Waals surface area contributed by atoms with Gasteiger partial charge in [0.2, 0.25) is 11.9 Å². The van der Waals surface area contributed by atoms with E-state index >= 15 is 0 Å². The van der Waals surface area contributed by atoms with Crippen molar-refractivity contribution < 1.29 is 4.79 Å². The SMILES string of the molecule is CC(C)c1cc(Nc2nc(N3CCCC3C(=O)NCc3ccn[nH]3)nc3c2CCC3)n[nH]1. The van der Waals surface area contributed by atoms with Crippen LogP contribution in [0.1, 0.15) is 61.7 Å². The molecule has 4 N–H and O–H groups in total. The number of fused-ring (bicyclic) bond motifs is 1. The van der Waals surface area contributed by atoms with Crippen molar-refractivity contribution in [2.75, 3.05) is 16.8 Å². The molecule has 0 aromatic carbocycles. The van der Waals surface area contributed by atoms with E-state index in [0.29, 0.717) is 18.4 Å². The summed E-state index contributed by atoms with van der Waals surface area (Å²) in [6.45, 7) is 5.45. The van der Waals surface area contributed by atoms with Crippen LogP contribution in [0.2, 0.25) is 0 Å². The number of anilines is 3. The smallest absolute Gasteiger partial charge is 0.243 e. The Bertz CT molecular complexity index is 1090. The summed E-state index contributed by atoms with van der Waals surface area (Å²) in [5.74, 6) is 2.53. The molecule has 1 amide bonds. The van der Waals surface area contributed by atoms with E-state index in [2.05, 4.69) is 44.9 Å². The second-order valence-corrected chi connectivity index (χ2v) is 8.79. The van der Waals surface area contributed by atoms with Crippen LogP contribution in [0.25, 0.3) is 0 Å². The number of carbonyl (C=O) groups is 1. The molecular formula is C22H29N9O. The number of hydrogen-bond donors (Lipinski definition) is 4. The molecule has 3 aromatic rings. The van der Waals surface area contributed by atoms with Crippen LogP contribution >= 0.6 is 0 Å². The van der Waals surface area contributed by atoms with Crippen LogP contribution in [-0.4, -0.2) is 48.9 Å². The Hall–Kier alpha value is -3.43. The van der Waals surface area contributed by atoms with Crippen LogP contribution in [-0.2, 0) is 24.2 Å². The van der Waals surface area contributed by atoms with Crippen molar-refractivity contribution in [3.63, 3.8) is 0 Å². The van der Waals surface area contributed by atoms with Crippen molar-refractivity contribution >= 4 is 23.5 Å². The van der Waals surface area contributed by atoms with Crippen LogP contribution in [0.4, 0.5) is 17.6 Å². The van der Waals surface area contributed by atoms with Gasteiger partial charge in [-0.1, -0.05) is 13.8 Å². The lowest BCUT2D eigenvalue weighted by atomic mass is 10.1. The summed E-state index contributed by atoms with van der Waals surface area (Å²) in [7, 11) is 0. The van der Waals surface area contributed by atoms with E-state index in [9.17, 15) is 4.79 Å². The van der Waals surface area contributed by atoms with Crippen molar-refractivity contribution in [3.05, 3.63) is 41.0 Å². The van der Waals surface area contributed by atoms with Gasteiger partial charge in [0.15, 0.2) is 5.82 Å². The first kappa shape index (κ1) is 20.5. The van der Waals surface area contributed by atoms with E-state index in [-0.39, 0.29) is 11.9 Å². The molecule has 5 rings (SSSR count). The van der Waals surface area contributed by atoms with Gasteiger partial charge in [0.25, 0.3) is 0 Å². The average molecular weight is 436 g/mol. The Kier molecular flexibility index (Phi) is 5.50. The van der Waals surface area contributed by atoms with Gasteiger partial charge in [-0.05, 0) is 44.1 Å². The fraction of sp³-hybridized carbons (Fsp3) is 0.500. The van der Waals surface area contributed by atoms with E-state index in [1.54, 1.807) is 6.20 Å². The standard InChI is InChI=1S/C22H29N9O/c1-13(2)17-11-19(30-29-17)26-20-15-5-3-6-16(15)25-22(27-20)31-10-4-7-18(31)21(32)23-12-14-8-9-24-28-14/h8-9,11,13,18H,3-7,10,12H2,1-2H3,(H,23,32)(H,24,28)(H2,25,26,27,29,30). The molecule has 1 aliphatic carbocycles. The van der Waals surface area contributed by atoms with Gasteiger partial charge in [-0.3, -0.25) is 15.0 Å². The Labute approximate surface area is 186 Å². The zero-order valence-corrected chi connectivity index (χ0v) is 18.5. The third-order valence-electron chi connectivity index (χ3n) is 6.21. The predicted octanol–water partition coefficient (Wildman–Crippen LogP) is 2.56. The van der Waals surface area contributed by atoms with Gasteiger partial charge in [-0.2, -0.15) is 15.2 Å². The molecule has 1 unspecified atom stereocenters. The molecule has 10 nitrogen and oxygen atoms in total. The number of amides is 1. The first-order valence-electron chi connectivity index (χ1n) is 11.3. The number of aromatic nitrogens is 6. The predicted molar refractivity (Wildman–Crippen MR) is 121 cm³/mol. The molecule has 1 aliphatic heterocycles. The first-order valence-corrected chi connectivity index (χ1v) is 11.3. The number of H-pyrrole nitrogens is 2. The maximum absolute atomic E-state index is 12.9. The number of aromatic amines is 2. The van der Waals surface area contributed by atoms with Crippen molar-refractivity contribution in [2.45, 2.75) is 64.5 Å². The number of carbonyl (C=O) groups excluding carboxylic acids is 1. The minimum Gasteiger partial charge on any atom is -0.349 e. The molecule has 0 radical (unpaired) electrons. The minimum absolute atomic E-state index is 0.00964. The van der Waals surface area contributed by atoms with Crippen LogP contribution in [0.5, 0.6) is 0 Å². The third kappa shape index (κ3) is 4.04. The quantitative estimate of drug-likeness (QED) is 0.449. The van der Waals surface area contributed by atoms with Crippen molar-refractivity contribution in [3.8, 4) is 0 Å². The van der Waals surface area contributed by atoms with Gasteiger partial charge < -0.3 is 15.5 Å². The maximum atomic E-state index is 12.9. The summed E-state index contributed by atoms with van der Waals surface area (Å²) in [5, 5.41) is 20.7. The fourth-order valence-corrected chi connectivity index (χ4v) is 4.43. The summed E-state index contributed by atoms with van der Waals surface area (Å²) in [4.78, 5) is 24.7. The highest BCUT2D eigenvalue weighted by atomic mass is 16.2. The van der Waals surface area contributed by atoms with Crippen LogP contribution < -0.4 is 15.5 Å². The molecule has 3 aromatic heterocycles. The second kappa shape index (κ2) is 8.60. The summed E-state index contributed by atoms with van der Waals surface area (Å²) >= 11 is 0. The molecule has 1 fully saturated rings. The zero-order valence-electron chi connectivity index (χ0n) is 18.5. The zero-order chi connectivity index (χ0) is 22.1. The number of rotatable bonds is 7. The van der Waals surface area contributed by atoms with E-state index < -0.39 is 0 Å². The van der Waals surface area contributed by atoms with E-state index in [0.717, 1.165) is 72.9 Å². The highest BCUT2D eigenvalue weighted by molar-refractivity contribution is 5.85. The lowest BCUT2D eigenvalue weighted by Crippen LogP contribution is -2.44. The van der Waals surface area contributed by atoms with Crippen molar-refractivity contribution in [1.29, 1.82) is 0 Å². The first-order chi connectivity index (χ1) is 15.6. The highest BCUT2D eigenvalue weighted by Crippen LogP contribution is 2.32. The second-order valence-electron chi connectivity index (χ2n) is 8.79. The summed E-state index contributed by atoms with van der Waals surface area (Å²) in [5.41, 5.74) is 4.18. The van der Waals surface area contributed by atoms with E-state index in [1.807, 2.05) is 17.0 Å². The van der Waals surface area contributed by atoms with Crippen molar-refractivity contribution in [1.82, 2.24) is 35.7 Å². The molecule has 0 saturated carbocycles. The summed E-state index contributed by atoms with van der Waals surface area (Å²) < 4.78 is 0. The molecule has 0 spiro atoms. The van der Waals surface area contributed by atoms with Gasteiger partial charge in [0, 0.05) is 30.1 Å². The molecule has 32 heavy (non-hydrogen) atoms. The molecule has 2 aliphatic rings. The van der Waals surface area contributed by atoms with Gasteiger partial charge in [-0.15, -0.1) is 0 Å². The Morgan fingerprint density at radius 2 is 2.16 bits per heavy atom. The monoisotopic (exact) mass is 435 g/mol. The van der Waals surface area contributed by atoms with E-state index in [1.165, 1.54) is 0 Å². The van der Waals surface area contributed by atoms with Crippen molar-refractivity contribution in [2.24, 2.45) is 0 Å². The Balaban J connectivity index is 1.37. The lowest BCUT2D eigenvalue weighted by molar-refractivity contribution is -0.122. The number of hydrogen-bond acceptors (Lipinski definition) is 7. The molecule has 1 atom stereocenters. The van der Waals surface area contributed by atoms with Gasteiger partial charge >= 0.3 is 0 Å². The minimum atomic E-state index is -0.275. The van der Waals surface area contributed by atoms with Crippen LogP contribution in [0, 0.1) is 0 Å². The molecule has 168 valence electrons.